The molecule has 0 heterocycles. The molecule has 0 rings (SSSR count). The molecule has 1 unspecified atom stereocenters. The van der Waals surface area contributed by atoms with Crippen molar-refractivity contribution in [2.75, 3.05) is 13.3 Å². The lowest BCUT2D eigenvalue weighted by atomic mass is 10.2. The molecule has 1 atom stereocenters. The molecule has 0 aliphatic rings. The van der Waals surface area contributed by atoms with Crippen LogP contribution >= 0.6 is 7.37 Å². The highest BCUT2D eigenvalue weighted by Crippen LogP contribution is 2.39. The van der Waals surface area contributed by atoms with E-state index < -0.39 is 7.37 Å². The molecule has 0 amide bonds. The summed E-state index contributed by atoms with van der Waals surface area (Å²) in [6.07, 6.45) is 3.49. The average Bonchev–Trinajstić information content (AvgIpc) is 1.79. The monoisotopic (exact) mass is 178 g/mol. The first kappa shape index (κ1) is 11.2. The highest BCUT2D eigenvalue weighted by molar-refractivity contribution is 7.57. The van der Waals surface area contributed by atoms with Gasteiger partial charge in [-0.2, -0.15) is 0 Å². The fourth-order valence-electron chi connectivity index (χ4n) is 0.978. The van der Waals surface area contributed by atoms with Gasteiger partial charge >= 0.3 is 0 Å². The fourth-order valence-corrected chi connectivity index (χ4v) is 1.95. The Morgan fingerprint density at radius 1 is 1.45 bits per heavy atom. The van der Waals surface area contributed by atoms with E-state index in [1.54, 1.807) is 13.3 Å². The Labute approximate surface area is 69.8 Å². The molecule has 0 bridgehead atoms. The number of hydrogen-bond acceptors (Lipinski definition) is 2. The van der Waals surface area contributed by atoms with Crippen LogP contribution < -0.4 is 0 Å². The predicted molar refractivity (Wildman–Crippen MR) is 49.5 cm³/mol. The maximum Gasteiger partial charge on any atom is 0.197 e. The predicted octanol–water partition coefficient (Wildman–Crippen LogP) is 3.12. The van der Waals surface area contributed by atoms with E-state index in [4.69, 9.17) is 4.52 Å². The summed E-state index contributed by atoms with van der Waals surface area (Å²) in [4.78, 5) is 0. The molecule has 0 aromatic heterocycles. The zero-order chi connectivity index (χ0) is 8.91. The van der Waals surface area contributed by atoms with Gasteiger partial charge in [-0.1, -0.05) is 19.8 Å². The Morgan fingerprint density at radius 3 is 2.36 bits per heavy atom. The molecule has 0 N–H and O–H groups in total. The number of hydrogen-bond donors (Lipinski definition) is 0. The maximum absolute atomic E-state index is 11.2. The number of rotatable bonds is 5. The molecule has 0 aliphatic carbocycles. The van der Waals surface area contributed by atoms with E-state index in [0.717, 1.165) is 12.8 Å². The first-order valence-electron chi connectivity index (χ1n) is 4.19. The second kappa shape index (κ2) is 4.95. The zero-order valence-electron chi connectivity index (χ0n) is 7.96. The molecule has 0 saturated carbocycles. The van der Waals surface area contributed by atoms with Gasteiger partial charge in [0.15, 0.2) is 7.37 Å². The van der Waals surface area contributed by atoms with Crippen LogP contribution in [0.15, 0.2) is 0 Å². The third-order valence-electron chi connectivity index (χ3n) is 1.40. The third kappa shape index (κ3) is 8.09. The largest absolute Gasteiger partial charge is 0.326 e. The van der Waals surface area contributed by atoms with Crippen molar-refractivity contribution in [1.29, 1.82) is 0 Å². The van der Waals surface area contributed by atoms with Crippen molar-refractivity contribution in [2.45, 2.75) is 39.2 Å². The van der Waals surface area contributed by atoms with Gasteiger partial charge in [-0.05, 0) is 13.3 Å². The molecule has 2 nitrogen and oxygen atoms in total. The Morgan fingerprint density at radius 2 is 2.00 bits per heavy atom. The minimum atomic E-state index is -2.26. The molecular formula is C8H19O2P. The van der Waals surface area contributed by atoms with Crippen molar-refractivity contribution in [2.24, 2.45) is 0 Å². The molecule has 3 heteroatoms. The first-order valence-corrected chi connectivity index (χ1v) is 6.71. The van der Waals surface area contributed by atoms with Gasteiger partial charge in [0, 0.05) is 13.3 Å². The van der Waals surface area contributed by atoms with Crippen molar-refractivity contribution in [3.8, 4) is 0 Å². The van der Waals surface area contributed by atoms with Gasteiger partial charge in [0.25, 0.3) is 0 Å². The van der Waals surface area contributed by atoms with Gasteiger partial charge in [-0.3, -0.25) is 4.57 Å². The lowest BCUT2D eigenvalue weighted by Gasteiger charge is -2.15. The quantitative estimate of drug-likeness (QED) is 0.604. The Kier molecular flexibility index (Phi) is 5.03. The van der Waals surface area contributed by atoms with E-state index >= 15 is 0 Å². The van der Waals surface area contributed by atoms with Crippen LogP contribution in [0.3, 0.4) is 0 Å². The lowest BCUT2D eigenvalue weighted by molar-refractivity contribution is 0.214. The molecule has 0 saturated heterocycles. The fraction of sp³-hybridized carbons (Fsp3) is 1.00. The highest BCUT2D eigenvalue weighted by Gasteiger charge is 2.11. The summed E-state index contributed by atoms with van der Waals surface area (Å²) in [6, 6.07) is 0. The minimum absolute atomic E-state index is 0.149. The molecule has 68 valence electrons. The zero-order valence-corrected chi connectivity index (χ0v) is 8.86. The van der Waals surface area contributed by atoms with Crippen molar-refractivity contribution >= 4 is 7.37 Å². The minimum Gasteiger partial charge on any atom is -0.326 e. The molecule has 0 aromatic rings. The van der Waals surface area contributed by atoms with Crippen molar-refractivity contribution in [3.63, 3.8) is 0 Å². The average molecular weight is 178 g/mol. The van der Waals surface area contributed by atoms with E-state index in [2.05, 4.69) is 6.92 Å². The molecule has 0 spiro atoms. The second-order valence-electron chi connectivity index (χ2n) is 3.31. The summed E-state index contributed by atoms with van der Waals surface area (Å²) >= 11 is 0. The molecular weight excluding hydrogens is 159 g/mol. The van der Waals surface area contributed by atoms with Crippen LogP contribution in [0.2, 0.25) is 0 Å². The van der Waals surface area contributed by atoms with Crippen molar-refractivity contribution in [1.82, 2.24) is 0 Å². The molecule has 0 aromatic carbocycles. The summed E-state index contributed by atoms with van der Waals surface area (Å²) in [5.41, 5.74) is 0. The van der Waals surface area contributed by atoms with Crippen LogP contribution in [-0.2, 0) is 9.09 Å². The lowest BCUT2D eigenvalue weighted by Crippen LogP contribution is -2.04. The smallest absolute Gasteiger partial charge is 0.197 e. The SMILES string of the molecule is CCCCC(C)OP(C)(C)=O. The summed E-state index contributed by atoms with van der Waals surface area (Å²) in [5.74, 6) is 0. The van der Waals surface area contributed by atoms with E-state index in [1.807, 2.05) is 6.92 Å². The third-order valence-corrected chi connectivity index (χ3v) is 2.27. The van der Waals surface area contributed by atoms with Gasteiger partial charge in [0.2, 0.25) is 0 Å². The van der Waals surface area contributed by atoms with Gasteiger partial charge in [-0.25, -0.2) is 0 Å². The van der Waals surface area contributed by atoms with E-state index in [9.17, 15) is 4.57 Å². The Balaban J connectivity index is 3.52. The Bertz CT molecular complexity index is 139. The van der Waals surface area contributed by atoms with Gasteiger partial charge in [0.1, 0.15) is 0 Å². The summed E-state index contributed by atoms with van der Waals surface area (Å²) in [6.45, 7) is 7.45. The van der Waals surface area contributed by atoms with Crippen LogP contribution in [0, 0.1) is 0 Å². The van der Waals surface area contributed by atoms with Gasteiger partial charge in [0.05, 0.1) is 6.10 Å². The van der Waals surface area contributed by atoms with E-state index in [-0.39, 0.29) is 6.10 Å². The molecule has 11 heavy (non-hydrogen) atoms. The number of unbranched alkanes of at least 4 members (excludes halogenated alkanes) is 1. The van der Waals surface area contributed by atoms with Crippen LogP contribution in [0.5, 0.6) is 0 Å². The summed E-state index contributed by atoms with van der Waals surface area (Å²) in [7, 11) is -2.26. The first-order chi connectivity index (χ1) is 4.95. The van der Waals surface area contributed by atoms with E-state index in [1.165, 1.54) is 6.42 Å². The second-order valence-corrected chi connectivity index (χ2v) is 6.03. The van der Waals surface area contributed by atoms with Crippen LogP contribution in [0.25, 0.3) is 0 Å². The molecule has 0 radical (unpaired) electrons. The van der Waals surface area contributed by atoms with E-state index in [0.29, 0.717) is 0 Å². The Hall–Kier alpha value is 0.190. The van der Waals surface area contributed by atoms with Crippen molar-refractivity contribution < 1.29 is 9.09 Å². The molecule has 0 aliphatic heterocycles. The highest BCUT2D eigenvalue weighted by atomic mass is 31.2. The summed E-state index contributed by atoms with van der Waals surface area (Å²) < 4.78 is 16.5. The molecule has 0 fully saturated rings. The van der Waals surface area contributed by atoms with Gasteiger partial charge in [-0.15, -0.1) is 0 Å². The van der Waals surface area contributed by atoms with Crippen LogP contribution in [0.4, 0.5) is 0 Å². The topological polar surface area (TPSA) is 26.3 Å². The summed E-state index contributed by atoms with van der Waals surface area (Å²) in [5, 5.41) is 0. The van der Waals surface area contributed by atoms with Crippen LogP contribution in [0.1, 0.15) is 33.1 Å². The van der Waals surface area contributed by atoms with Crippen molar-refractivity contribution in [3.05, 3.63) is 0 Å². The van der Waals surface area contributed by atoms with Gasteiger partial charge < -0.3 is 4.52 Å². The maximum atomic E-state index is 11.2. The standard InChI is InChI=1S/C8H19O2P/c1-5-6-7-8(2)10-11(3,4)9/h8H,5-7H2,1-4H3. The normalized spacial score (nSPS) is 14.9. The van der Waals surface area contributed by atoms with Crippen LogP contribution in [-0.4, -0.2) is 19.4 Å².